The minimum absolute atomic E-state index is 0.0455. The van der Waals surface area contributed by atoms with Gasteiger partial charge in [0.2, 0.25) is 0 Å². The van der Waals surface area contributed by atoms with Crippen molar-refractivity contribution in [2.75, 3.05) is 0 Å². The maximum atomic E-state index is 12.2. The first-order valence-corrected chi connectivity index (χ1v) is 6.69. The number of aliphatic hydroxyl groups is 1. The molecule has 2 nitrogen and oxygen atoms in total. The largest absolute Gasteiger partial charge is 0.388 e. The monoisotopic (exact) mass is 266 g/mol. The number of Topliss-reactive ketones (excluding diaryl/α,β-unsaturated/α-hetero) is 1. The Balaban J connectivity index is 2.04. The predicted octanol–water partition coefficient (Wildman–Crippen LogP) is 3.58. The van der Waals surface area contributed by atoms with Crippen molar-refractivity contribution in [2.45, 2.75) is 13.0 Å². The van der Waals surface area contributed by atoms with E-state index in [4.69, 9.17) is 0 Å². The van der Waals surface area contributed by atoms with E-state index in [9.17, 15) is 9.90 Å². The van der Waals surface area contributed by atoms with Crippen LogP contribution in [0.2, 0.25) is 0 Å². The SMILES string of the molecule is C[C@@H](C(=O)c1ccccc1)[C@@H](O)/C=C/c1ccccc1. The lowest BCUT2D eigenvalue weighted by Crippen LogP contribution is -2.23. The molecule has 0 amide bonds. The molecule has 0 aliphatic heterocycles. The van der Waals surface area contributed by atoms with Crippen LogP contribution in [0.15, 0.2) is 66.7 Å². The van der Waals surface area contributed by atoms with Gasteiger partial charge in [0.1, 0.15) is 0 Å². The minimum atomic E-state index is -0.789. The van der Waals surface area contributed by atoms with Gasteiger partial charge in [0.15, 0.2) is 5.78 Å². The van der Waals surface area contributed by atoms with Gasteiger partial charge in [0.25, 0.3) is 0 Å². The van der Waals surface area contributed by atoms with Gasteiger partial charge in [-0.25, -0.2) is 0 Å². The van der Waals surface area contributed by atoms with Gasteiger partial charge in [-0.2, -0.15) is 0 Å². The number of hydrogen-bond acceptors (Lipinski definition) is 2. The summed E-state index contributed by atoms with van der Waals surface area (Å²) in [6, 6.07) is 18.8. The topological polar surface area (TPSA) is 37.3 Å². The second-order valence-corrected chi connectivity index (χ2v) is 4.78. The molecule has 2 aromatic rings. The van der Waals surface area contributed by atoms with Gasteiger partial charge in [0, 0.05) is 11.5 Å². The molecule has 0 heterocycles. The molecule has 2 aromatic carbocycles. The van der Waals surface area contributed by atoms with Gasteiger partial charge < -0.3 is 5.11 Å². The number of hydrogen-bond donors (Lipinski definition) is 1. The van der Waals surface area contributed by atoms with E-state index in [-0.39, 0.29) is 5.78 Å². The minimum Gasteiger partial charge on any atom is -0.388 e. The van der Waals surface area contributed by atoms with E-state index in [0.29, 0.717) is 5.56 Å². The van der Waals surface area contributed by atoms with Crippen LogP contribution in [0.1, 0.15) is 22.8 Å². The number of aliphatic hydroxyl groups excluding tert-OH is 1. The van der Waals surface area contributed by atoms with E-state index in [1.165, 1.54) is 0 Å². The van der Waals surface area contributed by atoms with Crippen LogP contribution in [0.5, 0.6) is 0 Å². The summed E-state index contributed by atoms with van der Waals surface area (Å²) in [4.78, 5) is 12.2. The van der Waals surface area contributed by atoms with Crippen molar-refractivity contribution >= 4 is 11.9 Å². The lowest BCUT2D eigenvalue weighted by Gasteiger charge is -2.14. The Morgan fingerprint density at radius 2 is 1.55 bits per heavy atom. The Bertz CT molecular complexity index is 573. The molecule has 0 aliphatic rings. The molecule has 0 spiro atoms. The van der Waals surface area contributed by atoms with E-state index in [1.54, 1.807) is 25.1 Å². The third kappa shape index (κ3) is 3.65. The first-order valence-electron chi connectivity index (χ1n) is 6.69. The van der Waals surface area contributed by atoms with E-state index in [2.05, 4.69) is 0 Å². The first-order chi connectivity index (χ1) is 9.68. The van der Waals surface area contributed by atoms with E-state index >= 15 is 0 Å². The molecule has 0 fully saturated rings. The quantitative estimate of drug-likeness (QED) is 0.840. The molecule has 1 N–H and O–H groups in total. The van der Waals surface area contributed by atoms with Gasteiger partial charge >= 0.3 is 0 Å². The molecule has 0 aliphatic carbocycles. The fraction of sp³-hybridized carbons (Fsp3) is 0.167. The number of rotatable bonds is 5. The molecule has 2 atom stereocenters. The van der Waals surface area contributed by atoms with Gasteiger partial charge in [0.05, 0.1) is 6.10 Å². The van der Waals surface area contributed by atoms with Crippen molar-refractivity contribution < 1.29 is 9.90 Å². The predicted molar refractivity (Wildman–Crippen MR) is 81.4 cm³/mol. The Kier molecular flexibility index (Phi) is 4.85. The molecule has 0 saturated carbocycles. The van der Waals surface area contributed by atoms with Crippen LogP contribution in [-0.4, -0.2) is 17.0 Å². The first kappa shape index (κ1) is 14.2. The molecule has 0 radical (unpaired) electrons. The van der Waals surface area contributed by atoms with Crippen LogP contribution in [0.3, 0.4) is 0 Å². The highest BCUT2D eigenvalue weighted by Crippen LogP contribution is 2.14. The van der Waals surface area contributed by atoms with Crippen LogP contribution >= 0.6 is 0 Å². The molecule has 0 saturated heterocycles. The lowest BCUT2D eigenvalue weighted by atomic mass is 9.94. The second kappa shape index (κ2) is 6.83. The highest BCUT2D eigenvalue weighted by molar-refractivity contribution is 5.98. The standard InChI is InChI=1S/C18H18O2/c1-14(18(20)16-10-6-3-7-11-16)17(19)13-12-15-8-4-2-5-9-15/h2-14,17,19H,1H3/b13-12+/t14-,17+/m1/s1. The zero-order valence-electron chi connectivity index (χ0n) is 11.4. The smallest absolute Gasteiger partial charge is 0.168 e. The molecular weight excluding hydrogens is 248 g/mol. The maximum Gasteiger partial charge on any atom is 0.168 e. The second-order valence-electron chi connectivity index (χ2n) is 4.78. The van der Waals surface area contributed by atoms with Crippen LogP contribution in [0, 0.1) is 5.92 Å². The number of carbonyl (C=O) groups excluding carboxylic acids is 1. The average Bonchev–Trinajstić information content (AvgIpc) is 2.53. The fourth-order valence-corrected chi connectivity index (χ4v) is 1.96. The van der Waals surface area contributed by atoms with Crippen LogP contribution in [0.25, 0.3) is 6.08 Å². The molecule has 2 heteroatoms. The third-order valence-corrected chi connectivity index (χ3v) is 3.27. The Morgan fingerprint density at radius 1 is 1.00 bits per heavy atom. The van der Waals surface area contributed by atoms with E-state index in [0.717, 1.165) is 5.56 Å². The number of benzene rings is 2. The maximum absolute atomic E-state index is 12.2. The van der Waals surface area contributed by atoms with Crippen molar-refractivity contribution in [1.29, 1.82) is 0 Å². The Hall–Kier alpha value is -2.19. The van der Waals surface area contributed by atoms with Gasteiger partial charge in [-0.15, -0.1) is 0 Å². The molecule has 0 aromatic heterocycles. The fourth-order valence-electron chi connectivity index (χ4n) is 1.96. The normalized spacial score (nSPS) is 14.1. The summed E-state index contributed by atoms with van der Waals surface area (Å²) in [5, 5.41) is 10.1. The average molecular weight is 266 g/mol. The van der Waals surface area contributed by atoms with Gasteiger partial charge in [-0.1, -0.05) is 79.7 Å². The van der Waals surface area contributed by atoms with Gasteiger partial charge in [-0.05, 0) is 5.56 Å². The van der Waals surface area contributed by atoms with Crippen molar-refractivity contribution in [1.82, 2.24) is 0 Å². The van der Waals surface area contributed by atoms with E-state index < -0.39 is 12.0 Å². The lowest BCUT2D eigenvalue weighted by molar-refractivity contribution is 0.0806. The summed E-state index contributed by atoms with van der Waals surface area (Å²) in [5.41, 5.74) is 1.64. The number of ketones is 1. The zero-order valence-corrected chi connectivity index (χ0v) is 11.4. The summed E-state index contributed by atoms with van der Waals surface area (Å²) < 4.78 is 0. The summed E-state index contributed by atoms with van der Waals surface area (Å²) in [5.74, 6) is -0.506. The molecule has 102 valence electrons. The molecule has 20 heavy (non-hydrogen) atoms. The summed E-state index contributed by atoms with van der Waals surface area (Å²) >= 11 is 0. The van der Waals surface area contributed by atoms with Crippen LogP contribution in [0.4, 0.5) is 0 Å². The molecule has 0 unspecified atom stereocenters. The van der Waals surface area contributed by atoms with Crippen LogP contribution in [-0.2, 0) is 0 Å². The van der Waals surface area contributed by atoms with Crippen molar-refractivity contribution in [3.05, 3.63) is 77.9 Å². The molecule has 2 rings (SSSR count). The molecular formula is C18H18O2. The van der Waals surface area contributed by atoms with E-state index in [1.807, 2.05) is 54.6 Å². The van der Waals surface area contributed by atoms with Crippen molar-refractivity contribution in [3.8, 4) is 0 Å². The van der Waals surface area contributed by atoms with Crippen molar-refractivity contribution in [3.63, 3.8) is 0 Å². The van der Waals surface area contributed by atoms with Gasteiger partial charge in [-0.3, -0.25) is 4.79 Å². The van der Waals surface area contributed by atoms with Crippen molar-refractivity contribution in [2.24, 2.45) is 5.92 Å². The molecule has 0 bridgehead atoms. The Labute approximate surface area is 119 Å². The highest BCUT2D eigenvalue weighted by Gasteiger charge is 2.20. The third-order valence-electron chi connectivity index (χ3n) is 3.27. The number of carbonyl (C=O) groups is 1. The summed E-state index contributed by atoms with van der Waals surface area (Å²) in [6.45, 7) is 1.75. The Morgan fingerprint density at radius 3 is 2.15 bits per heavy atom. The summed E-state index contributed by atoms with van der Waals surface area (Å²) in [6.07, 6.45) is 2.71. The zero-order chi connectivity index (χ0) is 14.4. The van der Waals surface area contributed by atoms with Crippen LogP contribution < -0.4 is 0 Å². The summed E-state index contributed by atoms with van der Waals surface area (Å²) in [7, 11) is 0. The highest BCUT2D eigenvalue weighted by atomic mass is 16.3.